The van der Waals surface area contributed by atoms with Crippen LogP contribution in [0.4, 0.5) is 0 Å². The van der Waals surface area contributed by atoms with Crippen molar-refractivity contribution in [2.45, 2.75) is 33.7 Å². The number of carbonyl (C=O) groups excluding carboxylic acids is 1. The molecule has 1 rings (SSSR count). The fourth-order valence-corrected chi connectivity index (χ4v) is 2.06. The Labute approximate surface area is 117 Å². The molecule has 0 radical (unpaired) electrons. The fourth-order valence-electron chi connectivity index (χ4n) is 1.27. The largest absolute Gasteiger partial charge is 0.478 e. The van der Waals surface area contributed by atoms with Gasteiger partial charge in [0.1, 0.15) is 0 Å². The number of nitrogens with one attached hydrogen (secondary N) is 1. The topological polar surface area (TPSA) is 66.4 Å². The average molecular weight is 281 g/mol. The molecule has 2 N–H and O–H groups in total. The maximum Gasteiger partial charge on any atom is 0.328 e. The molecular weight excluding hydrogens is 262 g/mol. The van der Waals surface area contributed by atoms with E-state index in [0.29, 0.717) is 10.4 Å². The number of carboxylic acid groups (broad SMARTS) is 1. The first-order chi connectivity index (χ1) is 8.71. The number of hydrogen-bond acceptors (Lipinski definition) is 3. The van der Waals surface area contributed by atoms with Crippen molar-refractivity contribution in [3.05, 3.63) is 28.0 Å². The van der Waals surface area contributed by atoms with E-state index in [0.717, 1.165) is 6.08 Å². The highest BCUT2D eigenvalue weighted by Gasteiger charge is 2.23. The molecule has 0 fully saturated rings. The van der Waals surface area contributed by atoms with Crippen LogP contribution in [0.5, 0.6) is 0 Å². The predicted molar refractivity (Wildman–Crippen MR) is 77.4 cm³/mol. The van der Waals surface area contributed by atoms with E-state index in [9.17, 15) is 9.59 Å². The van der Waals surface area contributed by atoms with Gasteiger partial charge in [-0.25, -0.2) is 4.79 Å². The highest BCUT2D eigenvalue weighted by molar-refractivity contribution is 7.12. The van der Waals surface area contributed by atoms with Gasteiger partial charge in [-0.15, -0.1) is 11.3 Å². The van der Waals surface area contributed by atoms with Crippen LogP contribution < -0.4 is 5.32 Å². The lowest BCUT2D eigenvalue weighted by atomic mass is 9.88. The number of carbonyl (C=O) groups is 2. The number of rotatable bonds is 4. The highest BCUT2D eigenvalue weighted by Crippen LogP contribution is 2.22. The number of thiophene rings is 1. The predicted octanol–water partition coefficient (Wildman–Crippen LogP) is 3.01. The second-order valence-corrected chi connectivity index (χ2v) is 6.35. The zero-order valence-corrected chi connectivity index (χ0v) is 12.4. The second kappa shape index (κ2) is 6.02. The third kappa shape index (κ3) is 4.52. The number of amides is 1. The van der Waals surface area contributed by atoms with E-state index in [4.69, 9.17) is 5.11 Å². The summed E-state index contributed by atoms with van der Waals surface area (Å²) in [6, 6.07) is 1.76. The van der Waals surface area contributed by atoms with Gasteiger partial charge in [-0.3, -0.25) is 4.79 Å². The first kappa shape index (κ1) is 15.4. The van der Waals surface area contributed by atoms with E-state index >= 15 is 0 Å². The summed E-state index contributed by atoms with van der Waals surface area (Å²) in [7, 11) is 0. The van der Waals surface area contributed by atoms with Crippen molar-refractivity contribution < 1.29 is 14.7 Å². The minimum absolute atomic E-state index is 0.0238. The maximum absolute atomic E-state index is 12.1. The normalized spacial score (nSPS) is 13.5. The molecule has 0 aliphatic rings. The van der Waals surface area contributed by atoms with Gasteiger partial charge >= 0.3 is 5.97 Å². The monoisotopic (exact) mass is 281 g/mol. The van der Waals surface area contributed by atoms with Crippen LogP contribution in [-0.4, -0.2) is 23.0 Å². The van der Waals surface area contributed by atoms with Crippen molar-refractivity contribution in [1.29, 1.82) is 0 Å². The molecule has 104 valence electrons. The fraction of sp³-hybridized carbons (Fsp3) is 0.429. The van der Waals surface area contributed by atoms with Crippen LogP contribution in [0.15, 0.2) is 17.5 Å². The van der Waals surface area contributed by atoms with Crippen molar-refractivity contribution in [2.75, 3.05) is 0 Å². The Bertz CT molecular complexity index is 497. The number of carboxylic acids is 1. The molecule has 19 heavy (non-hydrogen) atoms. The van der Waals surface area contributed by atoms with Crippen molar-refractivity contribution in [1.82, 2.24) is 5.32 Å². The number of hydrogen-bond donors (Lipinski definition) is 2. The van der Waals surface area contributed by atoms with Crippen LogP contribution in [0.25, 0.3) is 6.08 Å². The van der Waals surface area contributed by atoms with Gasteiger partial charge in [0.05, 0.1) is 4.88 Å². The average Bonchev–Trinajstić information content (AvgIpc) is 2.72. The first-order valence-corrected chi connectivity index (χ1v) is 6.89. The van der Waals surface area contributed by atoms with E-state index in [1.807, 2.05) is 6.92 Å². The molecule has 0 aromatic carbocycles. The van der Waals surface area contributed by atoms with Gasteiger partial charge in [0.25, 0.3) is 5.91 Å². The lowest BCUT2D eigenvalue weighted by molar-refractivity contribution is -0.131. The quantitative estimate of drug-likeness (QED) is 0.834. The van der Waals surface area contributed by atoms with Crippen LogP contribution in [0.1, 0.15) is 42.9 Å². The third-order valence-corrected chi connectivity index (χ3v) is 3.88. The zero-order valence-electron chi connectivity index (χ0n) is 11.6. The molecule has 0 spiro atoms. The number of aliphatic carboxylic acids is 1. The van der Waals surface area contributed by atoms with Gasteiger partial charge in [-0.1, -0.05) is 20.8 Å². The zero-order chi connectivity index (χ0) is 14.6. The minimum Gasteiger partial charge on any atom is -0.478 e. The Morgan fingerprint density at radius 1 is 1.42 bits per heavy atom. The second-order valence-electron chi connectivity index (χ2n) is 5.44. The molecule has 0 saturated heterocycles. The Morgan fingerprint density at radius 3 is 2.58 bits per heavy atom. The van der Waals surface area contributed by atoms with Gasteiger partial charge in [0.2, 0.25) is 0 Å². The summed E-state index contributed by atoms with van der Waals surface area (Å²) < 4.78 is 0. The molecular formula is C14H19NO3S. The molecule has 0 bridgehead atoms. The van der Waals surface area contributed by atoms with Crippen LogP contribution >= 0.6 is 11.3 Å². The standard InChI is InChI=1S/C14H19NO3S/c1-9(14(2,3)4)15-13(18)12-10(7-8-19-12)5-6-11(16)17/h5-9H,1-4H3,(H,15,18)(H,16,17)/b6-5+. The van der Waals surface area contributed by atoms with Gasteiger partial charge in [-0.05, 0) is 35.4 Å². The summed E-state index contributed by atoms with van der Waals surface area (Å²) in [5.74, 6) is -1.19. The molecule has 1 aromatic rings. The molecule has 1 heterocycles. The van der Waals surface area contributed by atoms with Crippen LogP contribution in [0.2, 0.25) is 0 Å². The van der Waals surface area contributed by atoms with E-state index in [-0.39, 0.29) is 17.4 Å². The van der Waals surface area contributed by atoms with Crippen molar-refractivity contribution >= 4 is 29.3 Å². The maximum atomic E-state index is 12.1. The summed E-state index contributed by atoms with van der Waals surface area (Å²) in [6.45, 7) is 8.12. The Hall–Kier alpha value is -1.62. The summed E-state index contributed by atoms with van der Waals surface area (Å²) >= 11 is 1.31. The minimum atomic E-state index is -1.03. The van der Waals surface area contributed by atoms with Crippen LogP contribution in [0, 0.1) is 5.41 Å². The first-order valence-electron chi connectivity index (χ1n) is 6.01. The molecule has 0 aliphatic heterocycles. The van der Waals surface area contributed by atoms with Gasteiger partial charge in [0.15, 0.2) is 0 Å². The van der Waals surface area contributed by atoms with Gasteiger partial charge in [-0.2, -0.15) is 0 Å². The molecule has 5 heteroatoms. The van der Waals surface area contributed by atoms with Crippen molar-refractivity contribution in [3.8, 4) is 0 Å². The van der Waals surface area contributed by atoms with Crippen LogP contribution in [0.3, 0.4) is 0 Å². The Kier molecular flexibility index (Phi) is 4.89. The summed E-state index contributed by atoms with van der Waals surface area (Å²) in [5.41, 5.74) is 0.607. The molecule has 1 unspecified atom stereocenters. The summed E-state index contributed by atoms with van der Waals surface area (Å²) in [4.78, 5) is 23.2. The SMILES string of the molecule is CC(NC(=O)c1sccc1/C=C/C(=O)O)C(C)(C)C. The van der Waals surface area contributed by atoms with E-state index < -0.39 is 5.97 Å². The molecule has 1 aromatic heterocycles. The van der Waals surface area contributed by atoms with Crippen molar-refractivity contribution in [3.63, 3.8) is 0 Å². The third-order valence-electron chi connectivity index (χ3n) is 2.95. The van der Waals surface area contributed by atoms with E-state index in [1.165, 1.54) is 17.4 Å². The molecule has 0 saturated carbocycles. The lowest BCUT2D eigenvalue weighted by Crippen LogP contribution is -2.41. The van der Waals surface area contributed by atoms with Crippen molar-refractivity contribution in [2.24, 2.45) is 5.41 Å². The molecule has 4 nitrogen and oxygen atoms in total. The van der Waals surface area contributed by atoms with Gasteiger partial charge < -0.3 is 10.4 Å². The summed E-state index contributed by atoms with van der Waals surface area (Å²) in [5, 5.41) is 13.3. The molecule has 1 atom stereocenters. The van der Waals surface area contributed by atoms with E-state index in [1.54, 1.807) is 11.4 Å². The Balaban J connectivity index is 2.84. The smallest absolute Gasteiger partial charge is 0.328 e. The highest BCUT2D eigenvalue weighted by atomic mass is 32.1. The summed E-state index contributed by atoms with van der Waals surface area (Å²) in [6.07, 6.45) is 2.47. The Morgan fingerprint density at radius 2 is 2.05 bits per heavy atom. The van der Waals surface area contributed by atoms with Crippen LogP contribution in [-0.2, 0) is 4.79 Å². The molecule has 1 amide bonds. The van der Waals surface area contributed by atoms with Gasteiger partial charge in [0, 0.05) is 12.1 Å². The van der Waals surface area contributed by atoms with E-state index in [2.05, 4.69) is 26.1 Å². The molecule has 0 aliphatic carbocycles. The lowest BCUT2D eigenvalue weighted by Gasteiger charge is -2.27.